The van der Waals surface area contributed by atoms with Crippen LogP contribution in [-0.4, -0.2) is 53.2 Å². The van der Waals surface area contributed by atoms with E-state index < -0.39 is 0 Å². The number of carbonyl (C=O) groups excluding carboxylic acids is 1. The lowest BCUT2D eigenvalue weighted by Gasteiger charge is -2.34. The van der Waals surface area contributed by atoms with Crippen molar-refractivity contribution >= 4 is 5.91 Å². The van der Waals surface area contributed by atoms with Crippen molar-refractivity contribution in [3.05, 3.63) is 47.5 Å². The van der Waals surface area contributed by atoms with Gasteiger partial charge in [0.15, 0.2) is 6.29 Å². The number of carbonyl (C=O) groups is 1. The highest BCUT2D eigenvalue weighted by atomic mass is 19.1. The first-order valence-corrected chi connectivity index (χ1v) is 8.97. The van der Waals surface area contributed by atoms with E-state index in [4.69, 9.17) is 9.47 Å². The zero-order chi connectivity index (χ0) is 18.1. The number of hydrogen-bond acceptors (Lipinski definition) is 4. The number of hydrogen-bond donors (Lipinski definition) is 0. The summed E-state index contributed by atoms with van der Waals surface area (Å²) in [4.78, 5) is 14.8. The minimum absolute atomic E-state index is 0.0761. The Kier molecular flexibility index (Phi) is 4.74. The summed E-state index contributed by atoms with van der Waals surface area (Å²) in [6.45, 7) is 4.32. The van der Waals surface area contributed by atoms with Gasteiger partial charge in [-0.1, -0.05) is 12.1 Å². The number of piperidine rings is 1. The number of rotatable bonds is 3. The molecule has 4 rings (SSSR count). The fourth-order valence-corrected chi connectivity index (χ4v) is 3.72. The van der Waals surface area contributed by atoms with Gasteiger partial charge in [-0.3, -0.25) is 4.79 Å². The van der Waals surface area contributed by atoms with Gasteiger partial charge in [-0.05, 0) is 31.9 Å². The Morgan fingerprint density at radius 3 is 2.81 bits per heavy atom. The van der Waals surface area contributed by atoms with Crippen molar-refractivity contribution in [2.24, 2.45) is 5.92 Å². The minimum atomic E-state index is -0.369. The van der Waals surface area contributed by atoms with Gasteiger partial charge in [0.05, 0.1) is 30.7 Å². The Balaban J connectivity index is 1.54. The first-order chi connectivity index (χ1) is 12.6. The molecule has 138 valence electrons. The third-order valence-corrected chi connectivity index (χ3v) is 5.10. The van der Waals surface area contributed by atoms with E-state index >= 15 is 0 Å². The Labute approximate surface area is 151 Å². The normalized spacial score (nSPS) is 21.3. The van der Waals surface area contributed by atoms with Crippen molar-refractivity contribution in [1.29, 1.82) is 0 Å². The van der Waals surface area contributed by atoms with E-state index in [0.717, 1.165) is 12.8 Å². The van der Waals surface area contributed by atoms with Crippen molar-refractivity contribution in [1.82, 2.24) is 14.7 Å². The van der Waals surface area contributed by atoms with Crippen LogP contribution in [0.4, 0.5) is 4.39 Å². The standard InChI is InChI=1S/C19H22FN3O3/c1-13-15(11-21-23(13)17-7-3-2-6-16(17)20)18(24)22-8-4-5-14(12-22)19-25-9-10-26-19/h2-3,6-7,11,14,19H,4-5,8-10,12H2,1H3. The fraction of sp³-hybridized carbons (Fsp3) is 0.474. The molecule has 2 saturated heterocycles. The molecule has 26 heavy (non-hydrogen) atoms. The van der Waals surface area contributed by atoms with Crippen LogP contribution in [0, 0.1) is 18.7 Å². The number of para-hydroxylation sites is 1. The zero-order valence-electron chi connectivity index (χ0n) is 14.7. The molecule has 6 nitrogen and oxygen atoms in total. The third-order valence-electron chi connectivity index (χ3n) is 5.10. The molecule has 2 aliphatic heterocycles. The van der Waals surface area contributed by atoms with Crippen LogP contribution in [0.15, 0.2) is 30.5 Å². The summed E-state index contributed by atoms with van der Waals surface area (Å²) in [6.07, 6.45) is 3.21. The highest BCUT2D eigenvalue weighted by molar-refractivity contribution is 5.95. The maximum Gasteiger partial charge on any atom is 0.257 e. The Morgan fingerprint density at radius 2 is 2.04 bits per heavy atom. The maximum absolute atomic E-state index is 14.1. The summed E-state index contributed by atoms with van der Waals surface area (Å²) in [6, 6.07) is 6.41. The summed E-state index contributed by atoms with van der Waals surface area (Å²) >= 11 is 0. The first-order valence-electron chi connectivity index (χ1n) is 8.97. The van der Waals surface area contributed by atoms with Crippen LogP contribution in [0.5, 0.6) is 0 Å². The quantitative estimate of drug-likeness (QED) is 0.845. The number of amides is 1. The molecule has 0 N–H and O–H groups in total. The van der Waals surface area contributed by atoms with Crippen molar-refractivity contribution in [2.45, 2.75) is 26.1 Å². The molecular weight excluding hydrogens is 337 g/mol. The molecule has 1 amide bonds. The molecule has 1 aromatic carbocycles. The Hall–Kier alpha value is -2.25. The van der Waals surface area contributed by atoms with Crippen LogP contribution in [0.2, 0.25) is 0 Å². The number of nitrogens with zero attached hydrogens (tertiary/aromatic N) is 3. The molecule has 3 heterocycles. The average Bonchev–Trinajstić information content (AvgIpc) is 3.32. The molecule has 7 heteroatoms. The van der Waals surface area contributed by atoms with E-state index in [-0.39, 0.29) is 23.9 Å². The third kappa shape index (κ3) is 3.12. The van der Waals surface area contributed by atoms with E-state index in [2.05, 4.69) is 5.10 Å². The monoisotopic (exact) mass is 359 g/mol. The van der Waals surface area contributed by atoms with E-state index in [1.165, 1.54) is 16.9 Å². The highest BCUT2D eigenvalue weighted by Gasteiger charge is 2.33. The summed E-state index contributed by atoms with van der Waals surface area (Å²) < 4.78 is 26.8. The topological polar surface area (TPSA) is 56.6 Å². The van der Waals surface area contributed by atoms with Crippen LogP contribution in [0.25, 0.3) is 5.69 Å². The van der Waals surface area contributed by atoms with Crippen molar-refractivity contribution in [3.63, 3.8) is 0 Å². The number of likely N-dealkylation sites (tertiary alicyclic amines) is 1. The minimum Gasteiger partial charge on any atom is -0.350 e. The van der Waals surface area contributed by atoms with Gasteiger partial charge >= 0.3 is 0 Å². The van der Waals surface area contributed by atoms with Gasteiger partial charge < -0.3 is 14.4 Å². The van der Waals surface area contributed by atoms with Gasteiger partial charge in [-0.25, -0.2) is 9.07 Å². The summed E-state index contributed by atoms with van der Waals surface area (Å²) in [5.41, 5.74) is 1.48. The van der Waals surface area contributed by atoms with Gasteiger partial charge in [0.1, 0.15) is 11.5 Å². The molecule has 2 aliphatic rings. The Bertz CT molecular complexity index is 801. The van der Waals surface area contributed by atoms with Gasteiger partial charge in [0.2, 0.25) is 0 Å². The summed E-state index contributed by atoms with van der Waals surface area (Å²) in [5, 5.41) is 4.24. The average molecular weight is 359 g/mol. The lowest BCUT2D eigenvalue weighted by atomic mass is 9.97. The molecule has 1 aromatic heterocycles. The molecule has 0 radical (unpaired) electrons. The summed E-state index contributed by atoms with van der Waals surface area (Å²) in [5.74, 6) is -0.254. The van der Waals surface area contributed by atoms with Crippen molar-refractivity contribution in [2.75, 3.05) is 26.3 Å². The number of aromatic nitrogens is 2. The van der Waals surface area contributed by atoms with E-state index in [9.17, 15) is 9.18 Å². The highest BCUT2D eigenvalue weighted by Crippen LogP contribution is 2.26. The summed E-state index contributed by atoms with van der Waals surface area (Å²) in [7, 11) is 0. The lowest BCUT2D eigenvalue weighted by Crippen LogP contribution is -2.44. The molecular formula is C19H22FN3O3. The molecule has 0 spiro atoms. The van der Waals surface area contributed by atoms with Crippen molar-refractivity contribution in [3.8, 4) is 5.69 Å². The second kappa shape index (κ2) is 7.17. The predicted octanol–water partition coefficient (Wildman–Crippen LogP) is 2.54. The molecule has 0 saturated carbocycles. The van der Waals surface area contributed by atoms with Gasteiger partial charge in [0, 0.05) is 19.0 Å². The molecule has 0 aliphatic carbocycles. The van der Waals surface area contributed by atoms with Gasteiger partial charge in [-0.15, -0.1) is 0 Å². The molecule has 1 unspecified atom stereocenters. The predicted molar refractivity (Wildman–Crippen MR) is 92.6 cm³/mol. The van der Waals surface area contributed by atoms with Crippen LogP contribution >= 0.6 is 0 Å². The van der Waals surface area contributed by atoms with E-state index in [1.54, 1.807) is 25.1 Å². The van der Waals surface area contributed by atoms with Gasteiger partial charge in [0.25, 0.3) is 5.91 Å². The second-order valence-corrected chi connectivity index (χ2v) is 6.77. The van der Waals surface area contributed by atoms with Gasteiger partial charge in [-0.2, -0.15) is 5.10 Å². The lowest BCUT2D eigenvalue weighted by molar-refractivity contribution is -0.0969. The molecule has 1 atom stereocenters. The number of halogens is 1. The number of ether oxygens (including phenoxy) is 2. The van der Waals surface area contributed by atoms with Crippen LogP contribution in [0.3, 0.4) is 0 Å². The zero-order valence-corrected chi connectivity index (χ0v) is 14.7. The second-order valence-electron chi connectivity index (χ2n) is 6.77. The molecule has 0 bridgehead atoms. The van der Waals surface area contributed by atoms with Crippen LogP contribution in [-0.2, 0) is 9.47 Å². The van der Waals surface area contributed by atoms with Crippen LogP contribution < -0.4 is 0 Å². The number of benzene rings is 1. The maximum atomic E-state index is 14.1. The molecule has 2 aromatic rings. The molecule has 2 fully saturated rings. The largest absolute Gasteiger partial charge is 0.350 e. The van der Waals surface area contributed by atoms with Crippen LogP contribution in [0.1, 0.15) is 28.9 Å². The SMILES string of the molecule is Cc1c(C(=O)N2CCCC(C3OCCO3)C2)cnn1-c1ccccc1F. The van der Waals surface area contributed by atoms with E-state index in [0.29, 0.717) is 43.2 Å². The van der Waals surface area contributed by atoms with Crippen molar-refractivity contribution < 1.29 is 18.7 Å². The van der Waals surface area contributed by atoms with E-state index in [1.807, 2.05) is 4.90 Å². The smallest absolute Gasteiger partial charge is 0.257 e. The first kappa shape index (κ1) is 17.2. The Morgan fingerprint density at radius 1 is 1.27 bits per heavy atom. The fourth-order valence-electron chi connectivity index (χ4n) is 3.72.